The Kier molecular flexibility index (Phi) is 9.42. The van der Waals surface area contributed by atoms with Crippen molar-refractivity contribution in [2.45, 2.75) is 35.5 Å². The fraction of sp³-hybridized carbons (Fsp3) is 0.188. The van der Waals surface area contributed by atoms with Crippen molar-refractivity contribution in [3.63, 3.8) is 0 Å². The molecule has 0 aliphatic carbocycles. The van der Waals surface area contributed by atoms with Crippen LogP contribution < -0.4 is 0 Å². The highest BCUT2D eigenvalue weighted by molar-refractivity contribution is 8.00. The molecule has 0 amide bonds. The Bertz CT molecular complexity index is 1640. The van der Waals surface area contributed by atoms with Crippen molar-refractivity contribution in [2.24, 2.45) is 0 Å². The lowest BCUT2D eigenvalue weighted by atomic mass is 10.1. The number of aromatic nitrogens is 2. The molecule has 0 bridgehead atoms. The molecule has 0 radical (unpaired) electrons. The number of hydrogen-bond donors (Lipinski definition) is 0. The SMILES string of the molecule is Cl.Clc1cccc2c(SCCCCCCSc3c4ccccc4nc4c(Cl)cccc34)c3ccccc3nc12. The number of fused-ring (bicyclic) bond motifs is 4. The summed E-state index contributed by atoms with van der Waals surface area (Å²) in [7, 11) is 0. The van der Waals surface area contributed by atoms with Crippen LogP contribution in [0.5, 0.6) is 0 Å². The Labute approximate surface area is 253 Å². The number of halogens is 3. The molecule has 0 unspecified atom stereocenters. The Hall–Kier alpha value is -2.21. The van der Waals surface area contributed by atoms with Gasteiger partial charge in [-0.1, -0.05) is 96.7 Å². The fourth-order valence-corrected chi connectivity index (χ4v) is 7.73. The first-order valence-electron chi connectivity index (χ1n) is 12.9. The summed E-state index contributed by atoms with van der Waals surface area (Å²) in [5.74, 6) is 2.17. The van der Waals surface area contributed by atoms with E-state index in [1.165, 1.54) is 46.2 Å². The molecule has 2 aromatic heterocycles. The molecule has 39 heavy (non-hydrogen) atoms. The maximum absolute atomic E-state index is 6.49. The van der Waals surface area contributed by atoms with Gasteiger partial charge in [-0.05, 0) is 48.6 Å². The zero-order valence-electron chi connectivity index (χ0n) is 21.2. The lowest BCUT2D eigenvalue weighted by molar-refractivity contribution is 0.711. The minimum atomic E-state index is 0. The molecule has 0 saturated heterocycles. The highest BCUT2D eigenvalue weighted by atomic mass is 35.5. The predicted molar refractivity (Wildman–Crippen MR) is 176 cm³/mol. The number of unbranched alkanes of at least 4 members (excludes halogenated alkanes) is 3. The first-order chi connectivity index (χ1) is 18.7. The summed E-state index contributed by atoms with van der Waals surface area (Å²) in [6.45, 7) is 0. The van der Waals surface area contributed by atoms with Crippen LogP contribution in [-0.4, -0.2) is 21.5 Å². The van der Waals surface area contributed by atoms with Crippen LogP contribution >= 0.6 is 59.1 Å². The molecular weight excluding hydrogens is 583 g/mol. The summed E-state index contributed by atoms with van der Waals surface area (Å²) in [5, 5.41) is 6.14. The summed E-state index contributed by atoms with van der Waals surface area (Å²) < 4.78 is 0. The van der Waals surface area contributed by atoms with Gasteiger partial charge in [0.25, 0.3) is 0 Å². The van der Waals surface area contributed by atoms with Crippen LogP contribution in [0.2, 0.25) is 10.0 Å². The van der Waals surface area contributed by atoms with Gasteiger partial charge in [0.05, 0.1) is 32.1 Å². The van der Waals surface area contributed by atoms with E-state index in [9.17, 15) is 0 Å². The van der Waals surface area contributed by atoms with Crippen LogP contribution in [0.1, 0.15) is 25.7 Å². The molecular formula is C32H27Cl3N2S2. The summed E-state index contributed by atoms with van der Waals surface area (Å²) >= 11 is 16.8. The maximum atomic E-state index is 6.49. The van der Waals surface area contributed by atoms with Gasteiger partial charge in [-0.3, -0.25) is 0 Å². The van der Waals surface area contributed by atoms with Crippen LogP contribution in [0.25, 0.3) is 43.6 Å². The van der Waals surface area contributed by atoms with E-state index in [2.05, 4.69) is 48.5 Å². The summed E-state index contributed by atoms with van der Waals surface area (Å²) in [4.78, 5) is 12.2. The number of benzene rings is 4. The molecule has 2 heterocycles. The summed E-state index contributed by atoms with van der Waals surface area (Å²) in [5.41, 5.74) is 3.80. The molecule has 0 aliphatic rings. The van der Waals surface area contributed by atoms with Gasteiger partial charge < -0.3 is 0 Å². The largest absolute Gasteiger partial charge is 0.246 e. The van der Waals surface area contributed by atoms with E-state index < -0.39 is 0 Å². The van der Waals surface area contributed by atoms with E-state index in [1.54, 1.807) is 0 Å². The highest BCUT2D eigenvalue weighted by Crippen LogP contribution is 2.38. The average molecular weight is 610 g/mol. The van der Waals surface area contributed by atoms with E-state index in [1.807, 2.05) is 59.9 Å². The molecule has 6 aromatic rings. The van der Waals surface area contributed by atoms with Gasteiger partial charge in [0.1, 0.15) is 0 Å². The number of para-hydroxylation sites is 4. The average Bonchev–Trinajstić information content (AvgIpc) is 2.94. The third-order valence-corrected chi connectivity index (χ3v) is 9.81. The van der Waals surface area contributed by atoms with Crippen LogP contribution in [0.15, 0.2) is 94.7 Å². The second-order valence-corrected chi connectivity index (χ2v) is 12.3. The van der Waals surface area contributed by atoms with Crippen molar-refractivity contribution < 1.29 is 0 Å². The molecule has 0 aliphatic heterocycles. The zero-order valence-corrected chi connectivity index (χ0v) is 25.2. The summed E-state index contributed by atoms with van der Waals surface area (Å²) in [6, 6.07) is 28.9. The molecule has 6 rings (SSSR count). The van der Waals surface area contributed by atoms with E-state index in [0.29, 0.717) is 10.0 Å². The number of nitrogens with zero attached hydrogens (tertiary/aromatic N) is 2. The van der Waals surface area contributed by atoms with Crippen LogP contribution in [0.4, 0.5) is 0 Å². The Morgan fingerprint density at radius 1 is 0.487 bits per heavy atom. The predicted octanol–water partition coefficient (Wildman–Crippen LogP) is 11.3. The van der Waals surface area contributed by atoms with Crippen molar-refractivity contribution in [3.8, 4) is 0 Å². The molecule has 4 aromatic carbocycles. The standard InChI is InChI=1S/C32H26Cl2N2S2.ClH/c33-25-15-9-13-23-29(25)35-27-17-5-3-11-21(27)31(23)37-19-7-1-2-8-20-38-32-22-12-4-6-18-28(22)36-30-24(32)14-10-16-26(30)34;/h3-6,9-18H,1-2,7-8,19-20H2;1H. The van der Waals surface area contributed by atoms with Gasteiger partial charge in [0.15, 0.2) is 0 Å². The van der Waals surface area contributed by atoms with Crippen molar-refractivity contribution in [2.75, 3.05) is 11.5 Å². The fourth-order valence-electron chi connectivity index (χ4n) is 4.90. The Morgan fingerprint density at radius 3 is 1.36 bits per heavy atom. The van der Waals surface area contributed by atoms with Gasteiger partial charge in [-0.2, -0.15) is 0 Å². The molecule has 7 heteroatoms. The minimum absolute atomic E-state index is 0. The molecule has 0 fully saturated rings. The van der Waals surface area contributed by atoms with Crippen molar-refractivity contribution in [1.82, 2.24) is 9.97 Å². The molecule has 0 N–H and O–H groups in total. The van der Waals surface area contributed by atoms with Crippen molar-refractivity contribution >= 4 is 103 Å². The Morgan fingerprint density at radius 2 is 0.897 bits per heavy atom. The van der Waals surface area contributed by atoms with Gasteiger partial charge in [0, 0.05) is 31.3 Å². The van der Waals surface area contributed by atoms with E-state index in [-0.39, 0.29) is 12.4 Å². The second-order valence-electron chi connectivity index (χ2n) is 9.30. The first-order valence-corrected chi connectivity index (χ1v) is 15.6. The Balaban J connectivity index is 0.00000308. The molecule has 0 spiro atoms. The highest BCUT2D eigenvalue weighted by Gasteiger charge is 2.13. The van der Waals surface area contributed by atoms with Crippen LogP contribution in [0, 0.1) is 0 Å². The molecule has 198 valence electrons. The third-order valence-electron chi connectivity index (χ3n) is 6.76. The lowest BCUT2D eigenvalue weighted by Crippen LogP contribution is -1.91. The quantitative estimate of drug-likeness (QED) is 0.0925. The smallest absolute Gasteiger partial charge is 0.0907 e. The van der Waals surface area contributed by atoms with Crippen LogP contribution in [-0.2, 0) is 0 Å². The third kappa shape index (κ3) is 5.96. The molecule has 0 saturated carbocycles. The normalized spacial score (nSPS) is 11.4. The second kappa shape index (κ2) is 13.0. The van der Waals surface area contributed by atoms with E-state index in [0.717, 1.165) is 44.3 Å². The molecule has 0 atom stereocenters. The zero-order chi connectivity index (χ0) is 25.9. The van der Waals surface area contributed by atoms with E-state index in [4.69, 9.17) is 33.2 Å². The van der Waals surface area contributed by atoms with Gasteiger partial charge in [0.2, 0.25) is 0 Å². The topological polar surface area (TPSA) is 25.8 Å². The maximum Gasteiger partial charge on any atom is 0.0907 e. The van der Waals surface area contributed by atoms with Crippen molar-refractivity contribution in [3.05, 3.63) is 95.0 Å². The lowest BCUT2D eigenvalue weighted by Gasteiger charge is -2.12. The van der Waals surface area contributed by atoms with E-state index >= 15 is 0 Å². The monoisotopic (exact) mass is 608 g/mol. The number of thioether (sulfide) groups is 2. The number of rotatable bonds is 9. The van der Waals surface area contributed by atoms with Gasteiger partial charge >= 0.3 is 0 Å². The van der Waals surface area contributed by atoms with Gasteiger partial charge in [-0.25, -0.2) is 9.97 Å². The number of hydrogen-bond acceptors (Lipinski definition) is 4. The number of pyridine rings is 2. The molecule has 2 nitrogen and oxygen atoms in total. The van der Waals surface area contributed by atoms with Crippen LogP contribution in [0.3, 0.4) is 0 Å². The minimum Gasteiger partial charge on any atom is -0.246 e. The summed E-state index contributed by atoms with van der Waals surface area (Å²) in [6.07, 6.45) is 4.81. The van der Waals surface area contributed by atoms with Crippen molar-refractivity contribution in [1.29, 1.82) is 0 Å². The van der Waals surface area contributed by atoms with Gasteiger partial charge in [-0.15, -0.1) is 35.9 Å². The first kappa shape index (κ1) is 28.3.